The molecule has 0 radical (unpaired) electrons. The number of carbonyl (C=O) groups excluding carboxylic acids is 1. The number of methoxy groups -OCH3 is 2. The van der Waals surface area contributed by atoms with Gasteiger partial charge in [-0.15, -0.1) is 11.3 Å². The fourth-order valence-electron chi connectivity index (χ4n) is 3.20. The molecule has 1 N–H and O–H groups in total. The van der Waals surface area contributed by atoms with Gasteiger partial charge in [0.15, 0.2) is 17.3 Å². The smallest absolute Gasteiger partial charge is 0.164 e. The number of anilines is 1. The third-order valence-corrected chi connectivity index (χ3v) is 5.90. The Morgan fingerprint density at radius 2 is 1.73 bits per heavy atom. The Labute approximate surface area is 179 Å². The van der Waals surface area contributed by atoms with Crippen LogP contribution in [-0.2, 0) is 0 Å². The highest BCUT2D eigenvalue weighted by Crippen LogP contribution is 2.31. The zero-order valence-electron chi connectivity index (χ0n) is 16.8. The number of fused-ring (bicyclic) bond motifs is 1. The normalized spacial score (nSPS) is 10.7. The Balaban J connectivity index is 1.35. The number of ketones is 1. The lowest BCUT2D eigenvalue weighted by Crippen LogP contribution is -2.09. The quantitative estimate of drug-likeness (QED) is 0.374. The lowest BCUT2D eigenvalue weighted by Gasteiger charge is -2.10. The van der Waals surface area contributed by atoms with E-state index in [1.807, 2.05) is 30.3 Å². The first kappa shape index (κ1) is 19.9. The first-order valence-corrected chi connectivity index (χ1v) is 10.4. The fraction of sp³-hybridized carbons (Fsp3) is 0.167. The molecule has 5 nitrogen and oxygen atoms in total. The van der Waals surface area contributed by atoms with Crippen molar-refractivity contribution in [3.8, 4) is 22.1 Å². The van der Waals surface area contributed by atoms with Crippen LogP contribution in [0.3, 0.4) is 0 Å². The van der Waals surface area contributed by atoms with Crippen molar-refractivity contribution in [2.75, 3.05) is 26.1 Å². The first-order chi connectivity index (χ1) is 14.7. The maximum Gasteiger partial charge on any atom is 0.164 e. The van der Waals surface area contributed by atoms with Crippen molar-refractivity contribution in [1.82, 2.24) is 4.98 Å². The maximum absolute atomic E-state index is 12.5. The van der Waals surface area contributed by atoms with Gasteiger partial charge in [-0.05, 0) is 54.6 Å². The summed E-state index contributed by atoms with van der Waals surface area (Å²) in [5, 5.41) is 4.31. The topological polar surface area (TPSA) is 60.5 Å². The second kappa shape index (κ2) is 8.97. The predicted molar refractivity (Wildman–Crippen MR) is 122 cm³/mol. The van der Waals surface area contributed by atoms with Crippen molar-refractivity contribution in [3.63, 3.8) is 0 Å². The highest BCUT2D eigenvalue weighted by atomic mass is 32.1. The average Bonchev–Trinajstić information content (AvgIpc) is 3.23. The monoisotopic (exact) mass is 418 g/mol. The van der Waals surface area contributed by atoms with E-state index in [-0.39, 0.29) is 5.78 Å². The summed E-state index contributed by atoms with van der Waals surface area (Å²) in [5.41, 5.74) is 3.69. The molecule has 3 aromatic carbocycles. The minimum atomic E-state index is 0.0505. The van der Waals surface area contributed by atoms with Crippen LogP contribution in [0.15, 0.2) is 66.7 Å². The Bertz CT molecular complexity index is 1140. The lowest BCUT2D eigenvalue weighted by atomic mass is 10.1. The molecular formula is C24H22N2O3S. The summed E-state index contributed by atoms with van der Waals surface area (Å²) in [6, 6.07) is 21.5. The van der Waals surface area contributed by atoms with Crippen LogP contribution in [-0.4, -0.2) is 31.5 Å². The summed E-state index contributed by atoms with van der Waals surface area (Å²) < 4.78 is 11.7. The number of para-hydroxylation sites is 1. The molecule has 0 amide bonds. The molecule has 0 atom stereocenters. The van der Waals surface area contributed by atoms with E-state index in [4.69, 9.17) is 14.5 Å². The van der Waals surface area contributed by atoms with Crippen molar-refractivity contribution >= 4 is 33.0 Å². The summed E-state index contributed by atoms with van der Waals surface area (Å²) in [7, 11) is 3.14. The van der Waals surface area contributed by atoms with Gasteiger partial charge >= 0.3 is 0 Å². The molecule has 0 spiro atoms. The molecule has 1 aromatic heterocycles. The van der Waals surface area contributed by atoms with Crippen LogP contribution in [0.4, 0.5) is 5.69 Å². The average molecular weight is 419 g/mol. The number of aromatic nitrogens is 1. The summed E-state index contributed by atoms with van der Waals surface area (Å²) in [6.45, 7) is 0.549. The molecular weight excluding hydrogens is 396 g/mol. The van der Waals surface area contributed by atoms with Crippen molar-refractivity contribution in [3.05, 3.63) is 72.3 Å². The second-order valence-corrected chi connectivity index (χ2v) is 7.76. The molecule has 0 unspecified atom stereocenters. The molecule has 0 aliphatic heterocycles. The van der Waals surface area contributed by atoms with Crippen LogP contribution in [0.2, 0.25) is 0 Å². The summed E-state index contributed by atoms with van der Waals surface area (Å²) in [4.78, 5) is 17.2. The van der Waals surface area contributed by atoms with E-state index in [2.05, 4.69) is 23.5 Å². The molecule has 1 heterocycles. The van der Waals surface area contributed by atoms with E-state index in [0.29, 0.717) is 30.0 Å². The third kappa shape index (κ3) is 4.28. The lowest BCUT2D eigenvalue weighted by molar-refractivity contribution is 0.0986. The third-order valence-electron chi connectivity index (χ3n) is 4.81. The van der Waals surface area contributed by atoms with Crippen molar-refractivity contribution in [2.24, 2.45) is 0 Å². The van der Waals surface area contributed by atoms with E-state index in [1.165, 1.54) is 4.70 Å². The molecule has 0 saturated carbocycles. The largest absolute Gasteiger partial charge is 0.493 e. The van der Waals surface area contributed by atoms with E-state index in [9.17, 15) is 4.79 Å². The van der Waals surface area contributed by atoms with Gasteiger partial charge < -0.3 is 14.8 Å². The first-order valence-electron chi connectivity index (χ1n) is 9.63. The molecule has 4 aromatic rings. The van der Waals surface area contributed by atoms with Crippen molar-refractivity contribution in [1.29, 1.82) is 0 Å². The number of thiazole rings is 1. The van der Waals surface area contributed by atoms with E-state index in [0.717, 1.165) is 21.8 Å². The van der Waals surface area contributed by atoms with Gasteiger partial charge in [0, 0.05) is 29.8 Å². The van der Waals surface area contributed by atoms with Crippen LogP contribution in [0.5, 0.6) is 11.5 Å². The standard InChI is InChI=1S/C24H22N2O3S/c1-28-21-12-9-17(15-22(21)29-2)20(27)13-14-25-18-10-7-16(8-11-18)24-26-19-5-3-4-6-23(19)30-24/h3-12,15,25H,13-14H2,1-2H3. The van der Waals surface area contributed by atoms with E-state index < -0.39 is 0 Å². The summed E-state index contributed by atoms with van der Waals surface area (Å²) in [5.74, 6) is 1.22. The fourth-order valence-corrected chi connectivity index (χ4v) is 4.17. The van der Waals surface area contributed by atoms with Crippen LogP contribution in [0.1, 0.15) is 16.8 Å². The van der Waals surface area contributed by atoms with Gasteiger partial charge in [-0.2, -0.15) is 0 Å². The van der Waals surface area contributed by atoms with Gasteiger partial charge in [-0.1, -0.05) is 12.1 Å². The van der Waals surface area contributed by atoms with Gasteiger partial charge in [0.05, 0.1) is 24.4 Å². The van der Waals surface area contributed by atoms with E-state index >= 15 is 0 Å². The maximum atomic E-state index is 12.5. The number of ether oxygens (including phenoxy) is 2. The molecule has 0 bridgehead atoms. The number of nitrogens with one attached hydrogen (secondary N) is 1. The minimum absolute atomic E-state index is 0.0505. The molecule has 0 fully saturated rings. The van der Waals surface area contributed by atoms with Gasteiger partial charge in [0.25, 0.3) is 0 Å². The highest BCUT2D eigenvalue weighted by molar-refractivity contribution is 7.21. The summed E-state index contributed by atoms with van der Waals surface area (Å²) >= 11 is 1.69. The minimum Gasteiger partial charge on any atom is -0.493 e. The Kier molecular flexibility index (Phi) is 5.95. The molecule has 0 aliphatic carbocycles. The van der Waals surface area contributed by atoms with Crippen LogP contribution >= 0.6 is 11.3 Å². The van der Waals surface area contributed by atoms with Crippen molar-refractivity contribution in [2.45, 2.75) is 6.42 Å². The Morgan fingerprint density at radius 1 is 0.967 bits per heavy atom. The number of rotatable bonds is 8. The van der Waals surface area contributed by atoms with Gasteiger partial charge in [0.1, 0.15) is 5.01 Å². The number of nitrogens with zero attached hydrogens (tertiary/aromatic N) is 1. The molecule has 4 rings (SSSR count). The van der Waals surface area contributed by atoms with Crippen LogP contribution in [0.25, 0.3) is 20.8 Å². The number of hydrogen-bond donors (Lipinski definition) is 1. The Morgan fingerprint density at radius 3 is 2.47 bits per heavy atom. The number of benzene rings is 3. The number of carbonyl (C=O) groups is 1. The Hall–Kier alpha value is -3.38. The number of Topliss-reactive ketones (excluding diaryl/α,β-unsaturated/α-hetero) is 1. The zero-order valence-corrected chi connectivity index (χ0v) is 17.7. The van der Waals surface area contributed by atoms with Gasteiger partial charge in [-0.3, -0.25) is 4.79 Å². The molecule has 152 valence electrons. The highest BCUT2D eigenvalue weighted by Gasteiger charge is 2.11. The molecule has 30 heavy (non-hydrogen) atoms. The van der Waals surface area contributed by atoms with Gasteiger partial charge in [0.2, 0.25) is 0 Å². The second-order valence-electron chi connectivity index (χ2n) is 6.73. The molecule has 0 saturated heterocycles. The van der Waals surface area contributed by atoms with E-state index in [1.54, 1.807) is 43.8 Å². The SMILES string of the molecule is COc1ccc(C(=O)CCNc2ccc(-c3nc4ccccc4s3)cc2)cc1OC. The summed E-state index contributed by atoms with van der Waals surface area (Å²) in [6.07, 6.45) is 0.384. The molecule has 0 aliphatic rings. The van der Waals surface area contributed by atoms with Crippen LogP contribution < -0.4 is 14.8 Å². The zero-order chi connectivity index (χ0) is 20.9. The van der Waals surface area contributed by atoms with Crippen LogP contribution in [0, 0.1) is 0 Å². The van der Waals surface area contributed by atoms with Crippen molar-refractivity contribution < 1.29 is 14.3 Å². The molecule has 6 heteroatoms. The van der Waals surface area contributed by atoms with Gasteiger partial charge in [-0.25, -0.2) is 4.98 Å². The number of hydrogen-bond acceptors (Lipinski definition) is 6. The predicted octanol–water partition coefficient (Wildman–Crippen LogP) is 5.67.